The summed E-state index contributed by atoms with van der Waals surface area (Å²) in [5, 5.41) is 2.71. The van der Waals surface area contributed by atoms with Crippen molar-refractivity contribution in [2.45, 2.75) is 39.3 Å². The van der Waals surface area contributed by atoms with E-state index in [0.29, 0.717) is 18.9 Å². The number of methoxy groups -OCH3 is 1. The van der Waals surface area contributed by atoms with E-state index in [4.69, 9.17) is 14.9 Å². The first kappa shape index (κ1) is 14.7. The highest BCUT2D eigenvalue weighted by Gasteiger charge is 2.14. The molecule has 1 heterocycles. The molecule has 1 unspecified atom stereocenters. The molecule has 18 heavy (non-hydrogen) atoms. The van der Waals surface area contributed by atoms with Crippen LogP contribution in [0.25, 0.3) is 0 Å². The molecule has 1 aromatic rings. The number of rotatable bonds is 7. The van der Waals surface area contributed by atoms with Gasteiger partial charge in [0.1, 0.15) is 5.76 Å². The van der Waals surface area contributed by atoms with Gasteiger partial charge in [0.05, 0.1) is 18.3 Å². The molecule has 0 aliphatic carbocycles. The average Bonchev–Trinajstić information content (AvgIpc) is 2.66. The lowest BCUT2D eigenvalue weighted by Gasteiger charge is -2.10. The molecule has 0 radical (unpaired) electrons. The summed E-state index contributed by atoms with van der Waals surface area (Å²) in [6.45, 7) is 4.58. The number of oxazole rings is 1. The smallest absolute Gasteiger partial charge is 0.237 e. The normalized spacial score (nSPS) is 12.4. The number of aryl methyl sites for hydroxylation is 2. The van der Waals surface area contributed by atoms with Gasteiger partial charge in [-0.05, 0) is 26.7 Å². The number of hydrogen-bond donors (Lipinski definition) is 2. The van der Waals surface area contributed by atoms with E-state index in [0.717, 1.165) is 17.9 Å². The Morgan fingerprint density at radius 1 is 1.56 bits per heavy atom. The van der Waals surface area contributed by atoms with Crippen molar-refractivity contribution >= 4 is 5.91 Å². The molecule has 0 bridgehead atoms. The fourth-order valence-corrected chi connectivity index (χ4v) is 1.49. The minimum atomic E-state index is -0.516. The number of nitrogens with zero attached hydrogens (tertiary/aromatic N) is 1. The Balaban J connectivity index is 2.31. The molecule has 0 aliphatic heterocycles. The molecule has 0 saturated carbocycles. The number of hydrogen-bond acceptors (Lipinski definition) is 5. The summed E-state index contributed by atoms with van der Waals surface area (Å²) in [5.41, 5.74) is 6.58. The molecule has 1 aromatic heterocycles. The molecule has 0 aliphatic rings. The first-order valence-electron chi connectivity index (χ1n) is 5.99. The van der Waals surface area contributed by atoms with Gasteiger partial charge in [-0.3, -0.25) is 4.79 Å². The fraction of sp³-hybridized carbons (Fsp3) is 0.667. The Hall–Kier alpha value is -1.40. The predicted molar refractivity (Wildman–Crippen MR) is 66.9 cm³/mol. The van der Waals surface area contributed by atoms with Crippen LogP contribution in [0.3, 0.4) is 0 Å². The van der Waals surface area contributed by atoms with Crippen molar-refractivity contribution in [1.82, 2.24) is 10.3 Å². The van der Waals surface area contributed by atoms with Crippen molar-refractivity contribution in [3.05, 3.63) is 17.3 Å². The lowest BCUT2D eigenvalue weighted by Crippen LogP contribution is -2.40. The van der Waals surface area contributed by atoms with Gasteiger partial charge in [-0.15, -0.1) is 0 Å². The maximum atomic E-state index is 11.7. The third kappa shape index (κ3) is 4.46. The van der Waals surface area contributed by atoms with E-state index in [1.165, 1.54) is 0 Å². The molecule has 0 saturated heterocycles. The summed E-state index contributed by atoms with van der Waals surface area (Å²) in [5.74, 6) is 1.07. The lowest BCUT2D eigenvalue weighted by atomic mass is 10.1. The first-order chi connectivity index (χ1) is 8.54. The highest BCUT2D eigenvalue weighted by atomic mass is 16.5. The topological polar surface area (TPSA) is 90.4 Å². The second-order valence-corrected chi connectivity index (χ2v) is 4.21. The first-order valence-corrected chi connectivity index (χ1v) is 5.99. The zero-order valence-electron chi connectivity index (χ0n) is 11.2. The van der Waals surface area contributed by atoms with E-state index in [2.05, 4.69) is 10.3 Å². The minimum Gasteiger partial charge on any atom is -0.444 e. The van der Waals surface area contributed by atoms with Gasteiger partial charge >= 0.3 is 0 Å². The summed E-state index contributed by atoms with van der Waals surface area (Å²) >= 11 is 0. The number of amides is 1. The van der Waals surface area contributed by atoms with E-state index < -0.39 is 6.04 Å². The van der Waals surface area contributed by atoms with Crippen molar-refractivity contribution in [3.63, 3.8) is 0 Å². The van der Waals surface area contributed by atoms with Crippen LogP contribution in [0.15, 0.2) is 4.42 Å². The average molecular weight is 255 g/mol. The Morgan fingerprint density at radius 3 is 2.83 bits per heavy atom. The van der Waals surface area contributed by atoms with Crippen molar-refractivity contribution in [2.75, 3.05) is 13.7 Å². The molecule has 3 N–H and O–H groups in total. The van der Waals surface area contributed by atoms with Crippen LogP contribution in [-0.4, -0.2) is 30.6 Å². The molecule has 0 spiro atoms. The van der Waals surface area contributed by atoms with Crippen LogP contribution in [0.2, 0.25) is 0 Å². The van der Waals surface area contributed by atoms with E-state index in [1.54, 1.807) is 7.11 Å². The maximum absolute atomic E-state index is 11.7. The fourth-order valence-electron chi connectivity index (χ4n) is 1.49. The largest absolute Gasteiger partial charge is 0.444 e. The highest BCUT2D eigenvalue weighted by Crippen LogP contribution is 2.07. The molecule has 1 atom stereocenters. The van der Waals surface area contributed by atoms with Crippen LogP contribution >= 0.6 is 0 Å². The zero-order valence-corrected chi connectivity index (χ0v) is 11.2. The van der Waals surface area contributed by atoms with Crippen LogP contribution in [0.4, 0.5) is 0 Å². The Labute approximate surface area is 107 Å². The number of carbonyl (C=O) groups is 1. The van der Waals surface area contributed by atoms with Gasteiger partial charge in [-0.1, -0.05) is 0 Å². The summed E-state index contributed by atoms with van der Waals surface area (Å²) in [6, 6.07) is -0.516. The molecule has 6 heteroatoms. The van der Waals surface area contributed by atoms with Crippen molar-refractivity contribution < 1.29 is 13.9 Å². The van der Waals surface area contributed by atoms with Gasteiger partial charge in [-0.2, -0.15) is 0 Å². The predicted octanol–water partition coefficient (Wildman–Crippen LogP) is 0.662. The van der Waals surface area contributed by atoms with Gasteiger partial charge < -0.3 is 20.2 Å². The number of nitrogens with two attached hydrogens (primary N) is 1. The van der Waals surface area contributed by atoms with Crippen molar-refractivity contribution in [1.29, 1.82) is 0 Å². The number of ether oxygens (including phenoxy) is 1. The molecular weight excluding hydrogens is 234 g/mol. The molecule has 1 rings (SSSR count). The van der Waals surface area contributed by atoms with Gasteiger partial charge in [0.15, 0.2) is 0 Å². The van der Waals surface area contributed by atoms with Gasteiger partial charge in [0, 0.05) is 13.7 Å². The summed E-state index contributed by atoms with van der Waals surface area (Å²) < 4.78 is 10.3. The van der Waals surface area contributed by atoms with E-state index in [-0.39, 0.29) is 12.5 Å². The molecule has 0 fully saturated rings. The Bertz CT molecular complexity index is 370. The Morgan fingerprint density at radius 2 is 2.28 bits per heavy atom. The van der Waals surface area contributed by atoms with E-state index in [1.807, 2.05) is 13.8 Å². The minimum absolute atomic E-state index is 0.195. The second-order valence-electron chi connectivity index (χ2n) is 4.21. The van der Waals surface area contributed by atoms with Crippen LogP contribution in [0, 0.1) is 13.8 Å². The molecule has 6 nitrogen and oxygen atoms in total. The third-order valence-electron chi connectivity index (χ3n) is 2.69. The molecule has 1 amide bonds. The van der Waals surface area contributed by atoms with Crippen LogP contribution in [-0.2, 0) is 16.1 Å². The van der Waals surface area contributed by atoms with Crippen molar-refractivity contribution in [2.24, 2.45) is 5.73 Å². The summed E-state index contributed by atoms with van der Waals surface area (Å²) in [4.78, 5) is 15.8. The van der Waals surface area contributed by atoms with E-state index >= 15 is 0 Å². The van der Waals surface area contributed by atoms with Gasteiger partial charge in [0.25, 0.3) is 0 Å². The standard InChI is InChI=1S/C12H21N3O3/c1-8-9(2)18-11(15-8)7-14-12(16)10(13)5-4-6-17-3/h10H,4-7,13H2,1-3H3,(H,14,16). The quantitative estimate of drug-likeness (QED) is 0.698. The second kappa shape index (κ2) is 7.13. The zero-order chi connectivity index (χ0) is 13.5. The van der Waals surface area contributed by atoms with Gasteiger partial charge in [0.2, 0.25) is 11.8 Å². The maximum Gasteiger partial charge on any atom is 0.237 e. The molecular formula is C12H21N3O3. The summed E-state index contributed by atoms with van der Waals surface area (Å²) in [7, 11) is 1.62. The van der Waals surface area contributed by atoms with Crippen LogP contribution < -0.4 is 11.1 Å². The lowest BCUT2D eigenvalue weighted by molar-refractivity contribution is -0.122. The Kier molecular flexibility index (Phi) is 5.80. The number of carbonyl (C=O) groups excluding carboxylic acids is 1. The van der Waals surface area contributed by atoms with Crippen molar-refractivity contribution in [3.8, 4) is 0 Å². The van der Waals surface area contributed by atoms with E-state index in [9.17, 15) is 4.79 Å². The summed E-state index contributed by atoms with van der Waals surface area (Å²) in [6.07, 6.45) is 1.37. The number of nitrogens with one attached hydrogen (secondary N) is 1. The molecule has 102 valence electrons. The SMILES string of the molecule is COCCCC(N)C(=O)NCc1nc(C)c(C)o1. The van der Waals surface area contributed by atoms with Crippen LogP contribution in [0.1, 0.15) is 30.2 Å². The monoisotopic (exact) mass is 255 g/mol. The number of aromatic nitrogens is 1. The molecule has 0 aromatic carbocycles. The highest BCUT2D eigenvalue weighted by molar-refractivity contribution is 5.81. The van der Waals surface area contributed by atoms with Crippen LogP contribution in [0.5, 0.6) is 0 Å². The van der Waals surface area contributed by atoms with Gasteiger partial charge in [-0.25, -0.2) is 4.98 Å². The third-order valence-corrected chi connectivity index (χ3v) is 2.69.